The molecule has 1 atom stereocenters. The standard InChI is InChI=1S/C20H27ClN2O/c1-2-3-4-5-6-15-24-20(16-23-14-13-22-17-23)12-9-18-7-10-19(21)11-8-18/h7-14,17,20H,2-6,15-16H2,1H3. The summed E-state index contributed by atoms with van der Waals surface area (Å²) in [5.74, 6) is 0. The van der Waals surface area contributed by atoms with Crippen LogP contribution in [0.1, 0.15) is 44.6 Å². The Kier molecular flexibility index (Phi) is 8.64. The molecule has 0 bridgehead atoms. The van der Waals surface area contributed by atoms with Crippen LogP contribution in [0.4, 0.5) is 0 Å². The third-order valence-electron chi connectivity index (χ3n) is 3.90. The molecule has 0 radical (unpaired) electrons. The number of imidazole rings is 1. The second-order valence-electron chi connectivity index (χ2n) is 5.99. The minimum atomic E-state index is 0.0426. The lowest BCUT2D eigenvalue weighted by Gasteiger charge is -2.15. The molecule has 1 aromatic carbocycles. The van der Waals surface area contributed by atoms with E-state index in [0.29, 0.717) is 0 Å². The van der Waals surface area contributed by atoms with Gasteiger partial charge in [-0.05, 0) is 24.1 Å². The van der Waals surface area contributed by atoms with Crippen molar-refractivity contribution in [2.75, 3.05) is 6.61 Å². The van der Waals surface area contributed by atoms with E-state index in [9.17, 15) is 0 Å². The summed E-state index contributed by atoms with van der Waals surface area (Å²) in [6.45, 7) is 3.81. The van der Waals surface area contributed by atoms with Gasteiger partial charge in [-0.1, -0.05) is 68.5 Å². The van der Waals surface area contributed by atoms with Gasteiger partial charge in [0.1, 0.15) is 0 Å². The second-order valence-corrected chi connectivity index (χ2v) is 6.43. The van der Waals surface area contributed by atoms with Crippen LogP contribution in [0.3, 0.4) is 0 Å². The van der Waals surface area contributed by atoms with Gasteiger partial charge in [0.25, 0.3) is 0 Å². The third-order valence-corrected chi connectivity index (χ3v) is 4.16. The third kappa shape index (κ3) is 7.33. The van der Waals surface area contributed by atoms with Crippen LogP contribution in [0.5, 0.6) is 0 Å². The first-order valence-electron chi connectivity index (χ1n) is 8.79. The second kappa shape index (κ2) is 11.1. The summed E-state index contributed by atoms with van der Waals surface area (Å²) in [5.41, 5.74) is 1.13. The summed E-state index contributed by atoms with van der Waals surface area (Å²) in [6, 6.07) is 7.83. The first-order valence-corrected chi connectivity index (χ1v) is 9.17. The van der Waals surface area contributed by atoms with Crippen LogP contribution in [0.15, 0.2) is 49.1 Å². The molecule has 130 valence electrons. The number of benzene rings is 1. The number of aromatic nitrogens is 2. The van der Waals surface area contributed by atoms with E-state index in [1.165, 1.54) is 25.7 Å². The van der Waals surface area contributed by atoms with Crippen LogP contribution >= 0.6 is 11.6 Å². The van der Waals surface area contributed by atoms with E-state index < -0.39 is 0 Å². The fraction of sp³-hybridized carbons (Fsp3) is 0.450. The van der Waals surface area contributed by atoms with Gasteiger partial charge in [0, 0.05) is 24.0 Å². The van der Waals surface area contributed by atoms with Gasteiger partial charge < -0.3 is 9.30 Å². The summed E-state index contributed by atoms with van der Waals surface area (Å²) in [7, 11) is 0. The van der Waals surface area contributed by atoms with Gasteiger partial charge in [-0.3, -0.25) is 0 Å². The maximum Gasteiger partial charge on any atom is 0.0946 e. The molecular formula is C20H27ClN2O. The molecule has 3 nitrogen and oxygen atoms in total. The molecule has 0 aliphatic heterocycles. The Labute approximate surface area is 150 Å². The highest BCUT2D eigenvalue weighted by molar-refractivity contribution is 6.30. The van der Waals surface area contributed by atoms with E-state index in [4.69, 9.17) is 16.3 Å². The van der Waals surface area contributed by atoms with Crippen molar-refractivity contribution in [2.24, 2.45) is 0 Å². The van der Waals surface area contributed by atoms with Gasteiger partial charge in [-0.25, -0.2) is 4.98 Å². The Hall–Kier alpha value is -1.58. The number of unbranched alkanes of at least 4 members (excludes halogenated alkanes) is 4. The van der Waals surface area contributed by atoms with Crippen molar-refractivity contribution >= 4 is 17.7 Å². The molecule has 0 saturated heterocycles. The highest BCUT2D eigenvalue weighted by Crippen LogP contribution is 2.12. The number of hydrogen-bond donors (Lipinski definition) is 0. The van der Waals surface area contributed by atoms with Crippen molar-refractivity contribution in [2.45, 2.75) is 51.7 Å². The smallest absolute Gasteiger partial charge is 0.0946 e. The van der Waals surface area contributed by atoms with Crippen LogP contribution in [0, 0.1) is 0 Å². The molecule has 24 heavy (non-hydrogen) atoms. The van der Waals surface area contributed by atoms with Gasteiger partial charge in [-0.2, -0.15) is 0 Å². The Balaban J connectivity index is 1.86. The number of hydrogen-bond acceptors (Lipinski definition) is 2. The minimum Gasteiger partial charge on any atom is -0.372 e. The Bertz CT molecular complexity index is 578. The summed E-state index contributed by atoms with van der Waals surface area (Å²) in [4.78, 5) is 4.10. The van der Waals surface area contributed by atoms with Crippen LogP contribution in [-0.4, -0.2) is 22.3 Å². The fourth-order valence-electron chi connectivity index (χ4n) is 2.50. The molecule has 2 aromatic rings. The van der Waals surface area contributed by atoms with Gasteiger partial charge >= 0.3 is 0 Å². The zero-order valence-electron chi connectivity index (χ0n) is 14.4. The number of halogens is 1. The summed E-state index contributed by atoms with van der Waals surface area (Å²) in [6.07, 6.45) is 16.1. The molecule has 0 spiro atoms. The lowest BCUT2D eigenvalue weighted by Crippen LogP contribution is -2.17. The summed E-state index contributed by atoms with van der Waals surface area (Å²) < 4.78 is 8.13. The first kappa shape index (κ1) is 18.8. The highest BCUT2D eigenvalue weighted by Gasteiger charge is 2.06. The van der Waals surface area contributed by atoms with Crippen molar-refractivity contribution in [3.8, 4) is 0 Å². The van der Waals surface area contributed by atoms with E-state index in [0.717, 1.165) is 30.2 Å². The molecular weight excluding hydrogens is 320 g/mol. The predicted molar refractivity (Wildman–Crippen MR) is 101 cm³/mol. The lowest BCUT2D eigenvalue weighted by molar-refractivity contribution is 0.0710. The van der Waals surface area contributed by atoms with Gasteiger partial charge in [-0.15, -0.1) is 0 Å². The summed E-state index contributed by atoms with van der Waals surface area (Å²) >= 11 is 5.93. The molecule has 1 aromatic heterocycles. The van der Waals surface area contributed by atoms with Gasteiger partial charge in [0.2, 0.25) is 0 Å². The lowest BCUT2D eigenvalue weighted by atomic mass is 10.1. The van der Waals surface area contributed by atoms with E-state index in [-0.39, 0.29) is 6.10 Å². The molecule has 1 unspecified atom stereocenters. The highest BCUT2D eigenvalue weighted by atomic mass is 35.5. The largest absolute Gasteiger partial charge is 0.372 e. The van der Waals surface area contributed by atoms with Crippen LogP contribution in [0.25, 0.3) is 6.08 Å². The molecule has 0 aliphatic rings. The number of nitrogens with zero attached hydrogens (tertiary/aromatic N) is 2. The van der Waals surface area contributed by atoms with Crippen molar-refractivity contribution in [1.82, 2.24) is 9.55 Å². The Morgan fingerprint density at radius 1 is 1.17 bits per heavy atom. The molecule has 4 heteroatoms. The number of ether oxygens (including phenoxy) is 1. The van der Waals surface area contributed by atoms with Gasteiger partial charge in [0.15, 0.2) is 0 Å². The van der Waals surface area contributed by atoms with Gasteiger partial charge in [0.05, 0.1) is 19.0 Å². The molecule has 0 fully saturated rings. The average Bonchev–Trinajstić information content (AvgIpc) is 3.10. The molecule has 1 heterocycles. The zero-order chi connectivity index (χ0) is 17.0. The van der Waals surface area contributed by atoms with Crippen LogP contribution < -0.4 is 0 Å². The Morgan fingerprint density at radius 3 is 2.67 bits per heavy atom. The molecule has 0 saturated carbocycles. The molecule has 0 amide bonds. The Morgan fingerprint density at radius 2 is 1.96 bits per heavy atom. The topological polar surface area (TPSA) is 27.1 Å². The van der Waals surface area contributed by atoms with Crippen LogP contribution in [0.2, 0.25) is 5.02 Å². The maximum atomic E-state index is 6.08. The van der Waals surface area contributed by atoms with E-state index >= 15 is 0 Å². The maximum absolute atomic E-state index is 6.08. The fourth-order valence-corrected chi connectivity index (χ4v) is 2.63. The normalized spacial score (nSPS) is 12.8. The SMILES string of the molecule is CCCCCCCOC(C=Cc1ccc(Cl)cc1)Cn1ccnc1. The van der Waals surface area contributed by atoms with E-state index in [2.05, 4.69) is 24.1 Å². The van der Waals surface area contributed by atoms with E-state index in [1.807, 2.05) is 41.4 Å². The quantitative estimate of drug-likeness (QED) is 0.495. The van der Waals surface area contributed by atoms with Crippen molar-refractivity contribution in [3.05, 3.63) is 59.6 Å². The molecule has 0 aliphatic carbocycles. The zero-order valence-corrected chi connectivity index (χ0v) is 15.2. The molecule has 0 N–H and O–H groups in total. The average molecular weight is 347 g/mol. The monoisotopic (exact) mass is 346 g/mol. The van der Waals surface area contributed by atoms with Crippen molar-refractivity contribution < 1.29 is 4.74 Å². The predicted octanol–water partition coefficient (Wildman–Crippen LogP) is 5.61. The van der Waals surface area contributed by atoms with E-state index in [1.54, 1.807) is 6.20 Å². The van der Waals surface area contributed by atoms with Crippen LogP contribution in [-0.2, 0) is 11.3 Å². The van der Waals surface area contributed by atoms with Crippen molar-refractivity contribution in [1.29, 1.82) is 0 Å². The number of rotatable bonds is 11. The summed E-state index contributed by atoms with van der Waals surface area (Å²) in [5, 5.41) is 0.755. The van der Waals surface area contributed by atoms with Crippen molar-refractivity contribution in [3.63, 3.8) is 0 Å². The minimum absolute atomic E-state index is 0.0426. The first-order chi connectivity index (χ1) is 11.8. The molecule has 2 rings (SSSR count).